The van der Waals surface area contributed by atoms with Gasteiger partial charge in [0.25, 0.3) is 0 Å². The summed E-state index contributed by atoms with van der Waals surface area (Å²) in [7, 11) is -3.63. The molecule has 2 aromatic carbocycles. The fraction of sp³-hybridized carbons (Fsp3) is 0.350. The molecule has 0 aliphatic carbocycles. The summed E-state index contributed by atoms with van der Waals surface area (Å²) in [6.45, 7) is 5.91. The first kappa shape index (κ1) is 21.2. The van der Waals surface area contributed by atoms with E-state index in [1.165, 1.54) is 0 Å². The van der Waals surface area contributed by atoms with Crippen LogP contribution in [-0.2, 0) is 25.0 Å². The summed E-state index contributed by atoms with van der Waals surface area (Å²) in [5.74, 6) is -0.957. The average Bonchev–Trinajstić information content (AvgIpc) is 2.66. The highest BCUT2D eigenvalue weighted by Crippen LogP contribution is 2.59. The van der Waals surface area contributed by atoms with Crippen molar-refractivity contribution in [3.8, 4) is 0 Å². The third-order valence-corrected chi connectivity index (χ3v) is 6.09. The van der Waals surface area contributed by atoms with Gasteiger partial charge in [0.15, 0.2) is 5.78 Å². The fourth-order valence-electron chi connectivity index (χ4n) is 2.52. The first-order valence-electron chi connectivity index (χ1n) is 8.91. The molecule has 146 valence electrons. The van der Waals surface area contributed by atoms with Crippen LogP contribution in [0.15, 0.2) is 54.6 Å². The Kier molecular flexibility index (Phi) is 8.04. The normalized spacial score (nSPS) is 12.4. The molecule has 2 aromatic rings. The SMILES string of the molecule is CCOP(=O)(OCC)[C@H](NC(=O)OCc1ccccc1)c1ccc(C)cc1. The Balaban J connectivity index is 2.19. The molecule has 0 heterocycles. The van der Waals surface area contributed by atoms with Crippen LogP contribution >= 0.6 is 7.60 Å². The first-order valence-corrected chi connectivity index (χ1v) is 10.5. The van der Waals surface area contributed by atoms with Crippen LogP contribution in [0.1, 0.15) is 36.3 Å². The summed E-state index contributed by atoms with van der Waals surface area (Å²) in [4.78, 5) is 12.4. The van der Waals surface area contributed by atoms with Gasteiger partial charge < -0.3 is 19.1 Å². The Labute approximate surface area is 160 Å². The standard InChI is InChI=1S/C20H26NO5P/c1-4-25-27(23,26-5-2)19(18-13-11-16(3)12-14-18)21-20(22)24-15-17-9-7-6-8-10-17/h6-14,19H,4-5,15H2,1-3H3,(H,21,22)/t19-/m0/s1. The average molecular weight is 391 g/mol. The molecule has 2 rings (SSSR count). The minimum Gasteiger partial charge on any atom is -0.445 e. The van der Waals surface area contributed by atoms with Crippen molar-refractivity contribution in [3.05, 3.63) is 71.3 Å². The number of alkyl carbamates (subject to hydrolysis) is 1. The third-order valence-electron chi connectivity index (χ3n) is 3.79. The minimum atomic E-state index is -3.63. The van der Waals surface area contributed by atoms with Crippen molar-refractivity contribution in [2.75, 3.05) is 13.2 Å². The molecule has 1 N–H and O–H groups in total. The van der Waals surface area contributed by atoms with E-state index in [1.54, 1.807) is 26.0 Å². The molecule has 27 heavy (non-hydrogen) atoms. The lowest BCUT2D eigenvalue weighted by Crippen LogP contribution is -2.30. The minimum absolute atomic E-state index is 0.112. The monoisotopic (exact) mass is 391 g/mol. The number of carbonyl (C=O) groups is 1. The predicted octanol–water partition coefficient (Wildman–Crippen LogP) is 5.19. The quantitative estimate of drug-likeness (QED) is 0.596. The van der Waals surface area contributed by atoms with E-state index in [1.807, 2.05) is 49.4 Å². The van der Waals surface area contributed by atoms with Gasteiger partial charge in [0.1, 0.15) is 6.61 Å². The number of hydrogen-bond donors (Lipinski definition) is 1. The molecule has 0 unspecified atom stereocenters. The summed E-state index contributed by atoms with van der Waals surface area (Å²) in [5.41, 5.74) is 2.53. The second-order valence-electron chi connectivity index (χ2n) is 5.89. The number of nitrogens with one attached hydrogen (secondary N) is 1. The predicted molar refractivity (Wildman–Crippen MR) is 105 cm³/mol. The Morgan fingerprint density at radius 2 is 1.59 bits per heavy atom. The number of carbonyl (C=O) groups excluding carboxylic acids is 1. The van der Waals surface area contributed by atoms with Crippen LogP contribution in [0.25, 0.3) is 0 Å². The van der Waals surface area contributed by atoms with E-state index >= 15 is 0 Å². The molecular weight excluding hydrogens is 365 g/mol. The summed E-state index contributed by atoms with van der Waals surface area (Å²) in [6.07, 6.45) is -0.691. The Bertz CT molecular complexity index is 754. The fourth-order valence-corrected chi connectivity index (χ4v) is 4.41. The zero-order valence-electron chi connectivity index (χ0n) is 15.9. The molecule has 1 atom stereocenters. The van der Waals surface area contributed by atoms with E-state index in [0.717, 1.165) is 11.1 Å². The smallest absolute Gasteiger partial charge is 0.408 e. The van der Waals surface area contributed by atoms with Crippen molar-refractivity contribution >= 4 is 13.7 Å². The van der Waals surface area contributed by atoms with E-state index in [0.29, 0.717) is 5.56 Å². The van der Waals surface area contributed by atoms with Gasteiger partial charge in [-0.2, -0.15) is 0 Å². The van der Waals surface area contributed by atoms with Crippen molar-refractivity contribution in [1.29, 1.82) is 0 Å². The second kappa shape index (κ2) is 10.3. The third kappa shape index (κ3) is 6.21. The highest BCUT2D eigenvalue weighted by Gasteiger charge is 2.38. The maximum atomic E-state index is 13.3. The van der Waals surface area contributed by atoms with Crippen LogP contribution in [0.5, 0.6) is 0 Å². The molecule has 0 saturated heterocycles. The Hall–Kier alpha value is -2.14. The van der Waals surface area contributed by atoms with Crippen molar-refractivity contribution in [2.24, 2.45) is 0 Å². The number of aryl methyl sites for hydroxylation is 1. The molecule has 0 aliphatic rings. The van der Waals surface area contributed by atoms with Crippen molar-refractivity contribution in [2.45, 2.75) is 33.2 Å². The molecule has 0 bridgehead atoms. The van der Waals surface area contributed by atoms with Gasteiger partial charge in [-0.25, -0.2) is 4.79 Å². The number of ether oxygens (including phenoxy) is 1. The molecule has 1 amide bonds. The van der Waals surface area contributed by atoms with E-state index in [4.69, 9.17) is 13.8 Å². The number of benzene rings is 2. The van der Waals surface area contributed by atoms with Crippen LogP contribution in [0.3, 0.4) is 0 Å². The van der Waals surface area contributed by atoms with Crippen LogP contribution in [0.2, 0.25) is 0 Å². The van der Waals surface area contributed by atoms with Crippen molar-refractivity contribution in [3.63, 3.8) is 0 Å². The van der Waals surface area contributed by atoms with Gasteiger partial charge in [-0.15, -0.1) is 0 Å². The number of hydrogen-bond acceptors (Lipinski definition) is 5. The van der Waals surface area contributed by atoms with Gasteiger partial charge in [-0.3, -0.25) is 4.57 Å². The second-order valence-corrected chi connectivity index (χ2v) is 8.01. The number of rotatable bonds is 9. The van der Waals surface area contributed by atoms with E-state index in [2.05, 4.69) is 5.32 Å². The van der Waals surface area contributed by atoms with Crippen LogP contribution in [0, 0.1) is 6.92 Å². The summed E-state index contributed by atoms with van der Waals surface area (Å²) in [5, 5.41) is 2.66. The van der Waals surface area contributed by atoms with Crippen LogP contribution < -0.4 is 5.32 Å². The van der Waals surface area contributed by atoms with E-state index < -0.39 is 19.5 Å². The molecule has 0 radical (unpaired) electrons. The molecule has 7 heteroatoms. The van der Waals surface area contributed by atoms with Gasteiger partial charge in [-0.1, -0.05) is 60.2 Å². The van der Waals surface area contributed by atoms with Gasteiger partial charge in [0.05, 0.1) is 13.2 Å². The maximum absolute atomic E-state index is 13.3. The van der Waals surface area contributed by atoms with Crippen LogP contribution in [-0.4, -0.2) is 19.3 Å². The van der Waals surface area contributed by atoms with Crippen molar-refractivity contribution < 1.29 is 23.1 Å². The van der Waals surface area contributed by atoms with E-state index in [9.17, 15) is 9.36 Å². The van der Waals surface area contributed by atoms with Gasteiger partial charge in [0.2, 0.25) is 0 Å². The molecule has 0 saturated carbocycles. The summed E-state index contributed by atoms with van der Waals surface area (Å²) < 4.78 is 29.5. The summed E-state index contributed by atoms with van der Waals surface area (Å²) in [6, 6.07) is 16.7. The highest BCUT2D eigenvalue weighted by atomic mass is 31.2. The lowest BCUT2D eigenvalue weighted by atomic mass is 10.1. The van der Waals surface area contributed by atoms with Gasteiger partial charge in [-0.05, 0) is 31.9 Å². The Morgan fingerprint density at radius 1 is 1.00 bits per heavy atom. The van der Waals surface area contributed by atoms with Crippen molar-refractivity contribution in [1.82, 2.24) is 5.32 Å². The largest absolute Gasteiger partial charge is 0.445 e. The van der Waals surface area contributed by atoms with Gasteiger partial charge in [0, 0.05) is 0 Å². The lowest BCUT2D eigenvalue weighted by molar-refractivity contribution is 0.134. The zero-order chi connectivity index (χ0) is 19.7. The molecule has 0 spiro atoms. The highest BCUT2D eigenvalue weighted by molar-refractivity contribution is 7.54. The molecule has 0 fully saturated rings. The molecular formula is C20H26NO5P. The number of amides is 1. The molecule has 0 aliphatic heterocycles. The first-order chi connectivity index (χ1) is 13.0. The molecule has 0 aromatic heterocycles. The van der Waals surface area contributed by atoms with Crippen LogP contribution in [0.4, 0.5) is 4.79 Å². The molecule has 6 nitrogen and oxygen atoms in total. The summed E-state index contributed by atoms with van der Waals surface area (Å²) >= 11 is 0. The maximum Gasteiger partial charge on any atom is 0.408 e. The lowest BCUT2D eigenvalue weighted by Gasteiger charge is -2.27. The Morgan fingerprint density at radius 3 is 2.15 bits per heavy atom. The van der Waals surface area contributed by atoms with Gasteiger partial charge >= 0.3 is 13.7 Å². The zero-order valence-corrected chi connectivity index (χ0v) is 16.8. The van der Waals surface area contributed by atoms with E-state index in [-0.39, 0.29) is 19.8 Å². The topological polar surface area (TPSA) is 73.9 Å².